The van der Waals surface area contributed by atoms with E-state index in [0.717, 1.165) is 41.8 Å². The van der Waals surface area contributed by atoms with Crippen LogP contribution < -0.4 is 9.64 Å². The maximum atomic E-state index is 5.65. The van der Waals surface area contributed by atoms with Gasteiger partial charge in [-0.2, -0.15) is 4.68 Å². The Bertz CT molecular complexity index is 959. The molecule has 2 aromatic heterocycles. The molecule has 9 nitrogen and oxygen atoms in total. The summed E-state index contributed by atoms with van der Waals surface area (Å²) in [7, 11) is 0. The van der Waals surface area contributed by atoms with Crippen LogP contribution in [-0.4, -0.2) is 67.2 Å². The van der Waals surface area contributed by atoms with Gasteiger partial charge < -0.3 is 9.64 Å². The predicted octanol–water partition coefficient (Wildman–Crippen LogP) is 2.22. The topological polar surface area (TPSA) is 77.1 Å². The van der Waals surface area contributed by atoms with Crippen molar-refractivity contribution < 1.29 is 4.74 Å². The fraction of sp³-hybridized carbons (Fsp3) is 0.471. The van der Waals surface area contributed by atoms with Gasteiger partial charge in [-0.05, 0) is 60.0 Å². The molecular weight excluding hydrogens is 396 g/mol. The van der Waals surface area contributed by atoms with Crippen molar-refractivity contribution in [3.05, 3.63) is 34.3 Å². The number of aromatic nitrogens is 6. The molecule has 1 aromatic carbocycles. The van der Waals surface area contributed by atoms with Crippen molar-refractivity contribution in [2.24, 2.45) is 0 Å². The molecule has 0 saturated carbocycles. The first-order valence-electron chi connectivity index (χ1n) is 9.16. The van der Waals surface area contributed by atoms with Crippen molar-refractivity contribution in [2.75, 3.05) is 31.1 Å². The van der Waals surface area contributed by atoms with E-state index in [9.17, 15) is 0 Å². The van der Waals surface area contributed by atoms with Crippen molar-refractivity contribution in [1.29, 1.82) is 0 Å². The monoisotopic (exact) mass is 418 g/mol. The molecule has 148 valence electrons. The standard InChI is InChI=1S/C17H22N8OS2/c1-13(2)26-16-19-24(17(27)28-16)12-22-8-10-23(11-9-22)15-18-20-21-25(15)14-6-4-3-5-7-14/h3-7,13H,8-12H2,1-2H3. The van der Waals surface area contributed by atoms with Crippen LogP contribution in [0.15, 0.2) is 30.3 Å². The normalized spacial score (nSPS) is 15.3. The van der Waals surface area contributed by atoms with Crippen molar-refractivity contribution in [1.82, 2.24) is 34.9 Å². The number of hydrogen-bond acceptors (Lipinski definition) is 9. The van der Waals surface area contributed by atoms with Gasteiger partial charge in [0.1, 0.15) is 0 Å². The molecule has 3 heterocycles. The first-order chi connectivity index (χ1) is 13.6. The van der Waals surface area contributed by atoms with Crippen LogP contribution in [0.5, 0.6) is 5.19 Å². The third-order valence-corrected chi connectivity index (χ3v) is 5.57. The van der Waals surface area contributed by atoms with Crippen molar-refractivity contribution in [3.8, 4) is 10.9 Å². The third-order valence-electron chi connectivity index (χ3n) is 4.37. The minimum absolute atomic E-state index is 0.0909. The number of tetrazole rings is 1. The quantitative estimate of drug-likeness (QED) is 0.564. The maximum Gasteiger partial charge on any atom is 0.293 e. The molecule has 3 aromatic rings. The van der Waals surface area contributed by atoms with Crippen molar-refractivity contribution >= 4 is 29.5 Å². The Labute approximate surface area is 172 Å². The lowest BCUT2D eigenvalue weighted by Crippen LogP contribution is -2.47. The van der Waals surface area contributed by atoms with E-state index in [2.05, 4.69) is 30.4 Å². The number of ether oxygens (including phenoxy) is 1. The Morgan fingerprint density at radius 2 is 1.89 bits per heavy atom. The highest BCUT2D eigenvalue weighted by Gasteiger charge is 2.23. The smallest absolute Gasteiger partial charge is 0.293 e. The summed E-state index contributed by atoms with van der Waals surface area (Å²) in [5.74, 6) is 0.767. The molecule has 0 atom stereocenters. The van der Waals surface area contributed by atoms with Crippen molar-refractivity contribution in [3.63, 3.8) is 0 Å². The lowest BCUT2D eigenvalue weighted by Gasteiger charge is -2.34. The zero-order valence-corrected chi connectivity index (χ0v) is 17.4. The lowest BCUT2D eigenvalue weighted by molar-refractivity contribution is 0.186. The van der Waals surface area contributed by atoms with Gasteiger partial charge in [-0.25, -0.2) is 4.68 Å². The van der Waals surface area contributed by atoms with Crippen LogP contribution in [0.25, 0.3) is 5.69 Å². The molecular formula is C17H22N8OS2. The second kappa shape index (κ2) is 8.33. The first kappa shape index (κ1) is 19.0. The summed E-state index contributed by atoms with van der Waals surface area (Å²) in [6.45, 7) is 8.05. The summed E-state index contributed by atoms with van der Waals surface area (Å²) < 4.78 is 10.00. The molecule has 0 unspecified atom stereocenters. The minimum Gasteiger partial charge on any atom is -0.466 e. The van der Waals surface area contributed by atoms with E-state index >= 15 is 0 Å². The molecule has 11 heteroatoms. The van der Waals surface area contributed by atoms with Gasteiger partial charge in [-0.3, -0.25) is 4.90 Å². The van der Waals surface area contributed by atoms with E-state index in [1.807, 2.05) is 48.9 Å². The largest absolute Gasteiger partial charge is 0.466 e. The number of nitrogens with zero attached hydrogens (tertiary/aromatic N) is 8. The molecule has 0 spiro atoms. The Kier molecular flexibility index (Phi) is 5.64. The number of anilines is 1. The average molecular weight is 419 g/mol. The van der Waals surface area contributed by atoms with E-state index in [4.69, 9.17) is 17.0 Å². The number of benzene rings is 1. The summed E-state index contributed by atoms with van der Waals surface area (Å²) in [4.78, 5) is 4.53. The number of para-hydroxylation sites is 1. The number of piperazine rings is 1. The van der Waals surface area contributed by atoms with Crippen molar-refractivity contribution in [2.45, 2.75) is 26.6 Å². The highest BCUT2D eigenvalue weighted by atomic mass is 32.1. The van der Waals surface area contributed by atoms with Gasteiger partial charge in [0.05, 0.1) is 18.5 Å². The zero-order chi connectivity index (χ0) is 19.5. The van der Waals surface area contributed by atoms with Gasteiger partial charge >= 0.3 is 0 Å². The number of rotatable bonds is 6. The predicted molar refractivity (Wildman–Crippen MR) is 110 cm³/mol. The molecule has 0 radical (unpaired) electrons. The summed E-state index contributed by atoms with van der Waals surface area (Å²) in [5, 5.41) is 17.4. The third kappa shape index (κ3) is 4.21. The molecule has 4 rings (SSSR count). The van der Waals surface area contributed by atoms with Crippen LogP contribution >= 0.6 is 23.6 Å². The zero-order valence-electron chi connectivity index (χ0n) is 15.8. The van der Waals surface area contributed by atoms with E-state index in [1.165, 1.54) is 11.3 Å². The van der Waals surface area contributed by atoms with E-state index in [0.29, 0.717) is 11.9 Å². The van der Waals surface area contributed by atoms with Gasteiger partial charge in [0.25, 0.3) is 5.19 Å². The Balaban J connectivity index is 1.39. The highest BCUT2D eigenvalue weighted by molar-refractivity contribution is 7.73. The maximum absolute atomic E-state index is 5.65. The second-order valence-corrected chi connectivity index (χ2v) is 8.36. The summed E-state index contributed by atoms with van der Waals surface area (Å²) >= 11 is 6.83. The SMILES string of the molecule is CC(C)Oc1nn(CN2CCN(c3nnnn3-c3ccccc3)CC2)c(=S)s1. The molecule has 0 aliphatic carbocycles. The van der Waals surface area contributed by atoms with E-state index < -0.39 is 0 Å². The molecule has 0 amide bonds. The summed E-state index contributed by atoms with van der Waals surface area (Å²) in [6, 6.07) is 9.93. The summed E-state index contributed by atoms with van der Waals surface area (Å²) in [5.41, 5.74) is 0.955. The van der Waals surface area contributed by atoms with Gasteiger partial charge in [0, 0.05) is 26.2 Å². The molecule has 0 N–H and O–H groups in total. The van der Waals surface area contributed by atoms with Crippen LogP contribution in [0.2, 0.25) is 0 Å². The second-order valence-electron chi connectivity index (χ2n) is 6.77. The van der Waals surface area contributed by atoms with Crippen LogP contribution in [0, 0.1) is 3.95 Å². The molecule has 1 saturated heterocycles. The van der Waals surface area contributed by atoms with E-state index in [-0.39, 0.29) is 6.10 Å². The first-order valence-corrected chi connectivity index (χ1v) is 10.4. The van der Waals surface area contributed by atoms with E-state index in [1.54, 1.807) is 4.68 Å². The molecule has 1 fully saturated rings. The Hall–Kier alpha value is -2.37. The van der Waals surface area contributed by atoms with Crippen LogP contribution in [0.1, 0.15) is 13.8 Å². The fourth-order valence-corrected chi connectivity index (χ4v) is 4.07. The number of hydrogen-bond donors (Lipinski definition) is 0. The highest BCUT2D eigenvalue weighted by Crippen LogP contribution is 2.20. The van der Waals surface area contributed by atoms with Gasteiger partial charge in [0.15, 0.2) is 3.95 Å². The lowest BCUT2D eigenvalue weighted by atomic mass is 10.3. The van der Waals surface area contributed by atoms with Crippen LogP contribution in [0.3, 0.4) is 0 Å². The minimum atomic E-state index is 0.0909. The van der Waals surface area contributed by atoms with Gasteiger partial charge in [-0.1, -0.05) is 23.3 Å². The van der Waals surface area contributed by atoms with Gasteiger partial charge in [0.2, 0.25) is 5.95 Å². The van der Waals surface area contributed by atoms with Crippen LogP contribution in [0.4, 0.5) is 5.95 Å². The Morgan fingerprint density at radius 1 is 1.14 bits per heavy atom. The Morgan fingerprint density at radius 3 is 2.61 bits per heavy atom. The fourth-order valence-electron chi connectivity index (χ4n) is 3.02. The molecule has 1 aliphatic heterocycles. The average Bonchev–Trinajstić information content (AvgIpc) is 3.30. The summed E-state index contributed by atoms with van der Waals surface area (Å²) in [6.07, 6.45) is 0.0909. The van der Waals surface area contributed by atoms with Crippen LogP contribution in [-0.2, 0) is 6.67 Å². The molecule has 28 heavy (non-hydrogen) atoms. The molecule has 0 bridgehead atoms. The molecule has 1 aliphatic rings. The van der Waals surface area contributed by atoms with Gasteiger partial charge in [-0.15, -0.1) is 5.10 Å².